The summed E-state index contributed by atoms with van der Waals surface area (Å²) in [6, 6.07) is 15.3. The van der Waals surface area contributed by atoms with Gasteiger partial charge in [0.05, 0.1) is 11.4 Å². The zero-order valence-electron chi connectivity index (χ0n) is 12.5. The van der Waals surface area contributed by atoms with Crippen molar-refractivity contribution in [2.24, 2.45) is 4.99 Å². The van der Waals surface area contributed by atoms with Crippen LogP contribution in [-0.4, -0.2) is 22.0 Å². The summed E-state index contributed by atoms with van der Waals surface area (Å²) in [5.41, 5.74) is 4.49. The van der Waals surface area contributed by atoms with E-state index in [4.69, 9.17) is 0 Å². The molecule has 112 valence electrons. The Morgan fingerprint density at radius 2 is 1.45 bits per heavy atom. The van der Waals surface area contributed by atoms with E-state index in [1.807, 2.05) is 62.4 Å². The molecule has 0 fully saturated rings. The highest BCUT2D eigenvalue weighted by Gasteiger charge is 2.36. The first-order valence-electron chi connectivity index (χ1n) is 7.15. The lowest BCUT2D eigenvalue weighted by Crippen LogP contribution is -2.40. The number of aliphatic hydroxyl groups excluding tert-OH is 2. The summed E-state index contributed by atoms with van der Waals surface area (Å²) in [6.07, 6.45) is -0.900. The van der Waals surface area contributed by atoms with Crippen LogP contribution in [0.3, 0.4) is 0 Å². The number of nitrogens with one attached hydrogen (secondary N) is 1. The Bertz CT molecular complexity index is 744. The number of anilines is 1. The van der Waals surface area contributed by atoms with Gasteiger partial charge in [-0.1, -0.05) is 35.4 Å². The van der Waals surface area contributed by atoms with Crippen LogP contribution in [-0.2, 0) is 0 Å². The van der Waals surface area contributed by atoms with Gasteiger partial charge in [0.2, 0.25) is 0 Å². The van der Waals surface area contributed by atoms with Crippen LogP contribution in [0.4, 0.5) is 11.4 Å². The highest BCUT2D eigenvalue weighted by Crippen LogP contribution is 2.28. The van der Waals surface area contributed by atoms with Gasteiger partial charge in [-0.25, -0.2) is 4.99 Å². The van der Waals surface area contributed by atoms with Crippen molar-refractivity contribution in [1.82, 2.24) is 0 Å². The molecule has 0 bridgehead atoms. The zero-order chi connectivity index (χ0) is 15.7. The molecular weight excluding hydrogens is 276 g/mol. The molecule has 2 aromatic carbocycles. The van der Waals surface area contributed by atoms with Crippen molar-refractivity contribution < 1.29 is 10.2 Å². The monoisotopic (exact) mass is 294 g/mol. The Labute approximate surface area is 129 Å². The van der Waals surface area contributed by atoms with Crippen LogP contribution >= 0.6 is 0 Å². The van der Waals surface area contributed by atoms with Crippen molar-refractivity contribution in [2.75, 3.05) is 5.32 Å². The smallest absolute Gasteiger partial charge is 0.162 e. The molecule has 3 rings (SSSR count). The Kier molecular flexibility index (Phi) is 3.69. The molecule has 0 saturated carbocycles. The molecule has 0 heterocycles. The quantitative estimate of drug-likeness (QED) is 0.810. The highest BCUT2D eigenvalue weighted by atomic mass is 16.3. The molecule has 2 aromatic rings. The Hall–Kier alpha value is -2.59. The van der Waals surface area contributed by atoms with Crippen molar-refractivity contribution in [1.29, 1.82) is 0 Å². The summed E-state index contributed by atoms with van der Waals surface area (Å²) in [5.74, 6) is 0.00801. The van der Waals surface area contributed by atoms with Crippen LogP contribution < -0.4 is 5.32 Å². The Morgan fingerprint density at radius 1 is 0.909 bits per heavy atom. The first-order valence-corrected chi connectivity index (χ1v) is 7.15. The molecule has 3 N–H and O–H groups in total. The van der Waals surface area contributed by atoms with E-state index in [9.17, 15) is 10.2 Å². The van der Waals surface area contributed by atoms with Gasteiger partial charge in [-0.2, -0.15) is 0 Å². The summed E-state index contributed by atoms with van der Waals surface area (Å²) < 4.78 is 0. The predicted molar refractivity (Wildman–Crippen MR) is 88.7 cm³/mol. The van der Waals surface area contributed by atoms with Crippen LogP contribution in [0, 0.1) is 13.8 Å². The maximum Gasteiger partial charge on any atom is 0.162 e. The van der Waals surface area contributed by atoms with Crippen molar-refractivity contribution in [3.63, 3.8) is 0 Å². The summed E-state index contributed by atoms with van der Waals surface area (Å²) >= 11 is 0. The van der Waals surface area contributed by atoms with Gasteiger partial charge >= 0.3 is 0 Å². The van der Waals surface area contributed by atoms with Crippen LogP contribution in [0.15, 0.2) is 65.0 Å². The van der Waals surface area contributed by atoms with Crippen molar-refractivity contribution >= 4 is 17.1 Å². The fourth-order valence-electron chi connectivity index (χ4n) is 2.25. The lowest BCUT2D eigenvalue weighted by Gasteiger charge is -2.28. The van der Waals surface area contributed by atoms with Crippen molar-refractivity contribution in [3.8, 4) is 0 Å². The topological polar surface area (TPSA) is 64.9 Å². The summed E-state index contributed by atoms with van der Waals surface area (Å²) in [6.45, 7) is 4.00. The van der Waals surface area contributed by atoms with Gasteiger partial charge in [0, 0.05) is 5.69 Å². The minimum absolute atomic E-state index is 0.00801. The van der Waals surface area contributed by atoms with E-state index in [-0.39, 0.29) is 5.76 Å². The lowest BCUT2D eigenvalue weighted by molar-refractivity contribution is 0.244. The molecule has 1 aliphatic rings. The second kappa shape index (κ2) is 5.66. The summed E-state index contributed by atoms with van der Waals surface area (Å²) in [5, 5.41) is 23.3. The van der Waals surface area contributed by atoms with Crippen LogP contribution in [0.5, 0.6) is 0 Å². The second-order valence-corrected chi connectivity index (χ2v) is 5.49. The fraction of sp³-hybridized carbons (Fsp3) is 0.167. The van der Waals surface area contributed by atoms with Gasteiger partial charge in [0.1, 0.15) is 11.8 Å². The Balaban J connectivity index is 1.81. The number of aliphatic imine (C=N–C) groups is 1. The third kappa shape index (κ3) is 2.73. The van der Waals surface area contributed by atoms with Gasteiger partial charge in [-0.3, -0.25) is 0 Å². The molecule has 0 radical (unpaired) electrons. The van der Waals surface area contributed by atoms with Crippen LogP contribution in [0.2, 0.25) is 0 Å². The number of aliphatic hydroxyl groups is 2. The molecule has 1 aliphatic carbocycles. The number of rotatable bonds is 3. The van der Waals surface area contributed by atoms with E-state index < -0.39 is 6.10 Å². The molecule has 0 aromatic heterocycles. The van der Waals surface area contributed by atoms with E-state index in [1.54, 1.807) is 0 Å². The first-order chi connectivity index (χ1) is 10.5. The van der Waals surface area contributed by atoms with Gasteiger partial charge in [0.15, 0.2) is 5.76 Å². The molecule has 4 nitrogen and oxygen atoms in total. The number of aryl methyl sites for hydroxylation is 2. The number of benzene rings is 2. The molecule has 1 unspecified atom stereocenters. The molecular formula is C18H18N2O2. The summed E-state index contributed by atoms with van der Waals surface area (Å²) in [7, 11) is 0. The second-order valence-electron chi connectivity index (χ2n) is 5.49. The SMILES string of the molecule is Cc1ccc(/N=C2/C(O)=C(Nc3ccc(C)cc3)C2O)cc1. The van der Waals surface area contributed by atoms with Crippen LogP contribution in [0.25, 0.3) is 0 Å². The van der Waals surface area contributed by atoms with Crippen LogP contribution in [0.1, 0.15) is 11.1 Å². The van der Waals surface area contributed by atoms with Crippen molar-refractivity contribution in [3.05, 3.63) is 71.1 Å². The van der Waals surface area contributed by atoms with Crippen molar-refractivity contribution in [2.45, 2.75) is 20.0 Å². The first kappa shape index (κ1) is 14.4. The van der Waals surface area contributed by atoms with E-state index in [0.29, 0.717) is 17.1 Å². The van der Waals surface area contributed by atoms with Gasteiger partial charge in [0.25, 0.3) is 0 Å². The number of nitrogens with zero attached hydrogens (tertiary/aromatic N) is 1. The largest absolute Gasteiger partial charge is 0.504 e. The van der Waals surface area contributed by atoms with Gasteiger partial charge in [-0.15, -0.1) is 0 Å². The number of hydrogen-bond donors (Lipinski definition) is 3. The number of hydrogen-bond acceptors (Lipinski definition) is 4. The minimum atomic E-state index is -0.900. The third-order valence-corrected chi connectivity index (χ3v) is 3.64. The summed E-state index contributed by atoms with van der Waals surface area (Å²) in [4.78, 5) is 4.29. The lowest BCUT2D eigenvalue weighted by atomic mass is 9.95. The molecule has 0 spiro atoms. The Morgan fingerprint density at radius 3 is 2.00 bits per heavy atom. The average Bonchev–Trinajstić information content (AvgIpc) is 2.53. The van der Waals surface area contributed by atoms with E-state index in [1.165, 1.54) is 0 Å². The standard InChI is InChI=1S/C18H18N2O2/c1-11-3-7-13(8-4-11)19-15-17(21)16(18(15)22)20-14-9-5-12(2)6-10-14/h3-10,17,19,21-22H,1-2H3/b20-16+. The third-order valence-electron chi connectivity index (χ3n) is 3.64. The molecule has 22 heavy (non-hydrogen) atoms. The normalized spacial score (nSPS) is 19.2. The minimum Gasteiger partial charge on any atom is -0.504 e. The molecule has 0 saturated heterocycles. The molecule has 4 heteroatoms. The highest BCUT2D eigenvalue weighted by molar-refractivity contribution is 6.12. The molecule has 0 aliphatic heterocycles. The van der Waals surface area contributed by atoms with Gasteiger partial charge in [-0.05, 0) is 38.1 Å². The molecule has 0 amide bonds. The maximum atomic E-state index is 10.2. The molecule has 1 atom stereocenters. The fourth-order valence-corrected chi connectivity index (χ4v) is 2.25. The maximum absolute atomic E-state index is 10.2. The van der Waals surface area contributed by atoms with E-state index in [0.717, 1.165) is 16.8 Å². The average molecular weight is 294 g/mol. The zero-order valence-corrected chi connectivity index (χ0v) is 12.5. The van der Waals surface area contributed by atoms with Gasteiger partial charge < -0.3 is 15.5 Å². The van der Waals surface area contributed by atoms with E-state index >= 15 is 0 Å². The van der Waals surface area contributed by atoms with E-state index in [2.05, 4.69) is 10.3 Å². The predicted octanol–water partition coefficient (Wildman–Crippen LogP) is 3.63.